The van der Waals surface area contributed by atoms with Crippen molar-refractivity contribution >= 4 is 27.5 Å². The maximum absolute atomic E-state index is 4.38. The van der Waals surface area contributed by atoms with Gasteiger partial charge in [0.05, 0.1) is 33.0 Å². The van der Waals surface area contributed by atoms with E-state index in [0.717, 1.165) is 35.2 Å². The van der Waals surface area contributed by atoms with Gasteiger partial charge in [0.15, 0.2) is 0 Å². The van der Waals surface area contributed by atoms with Gasteiger partial charge in [0.1, 0.15) is 0 Å². The molecule has 0 saturated heterocycles. The predicted octanol–water partition coefficient (Wildman–Crippen LogP) is 2.78. The molecule has 2 rings (SSSR count). The van der Waals surface area contributed by atoms with Crippen molar-refractivity contribution < 1.29 is 0 Å². The molecule has 0 radical (unpaired) electrons. The maximum Gasteiger partial charge on any atom is 0.0886 e. The normalized spacial score (nSPS) is 12.8. The molecule has 0 aliphatic heterocycles. The highest BCUT2D eigenvalue weighted by Gasteiger charge is 2.24. The SMILES string of the molecule is CCCc1nnsc1C(NC)c1c(Br)cnn1CC. The van der Waals surface area contributed by atoms with E-state index >= 15 is 0 Å². The summed E-state index contributed by atoms with van der Waals surface area (Å²) in [6, 6.07) is 0.0818. The van der Waals surface area contributed by atoms with E-state index in [1.54, 1.807) is 0 Å². The number of nitrogens with zero attached hydrogens (tertiary/aromatic N) is 4. The van der Waals surface area contributed by atoms with Crippen LogP contribution in [0.15, 0.2) is 10.7 Å². The van der Waals surface area contributed by atoms with E-state index in [-0.39, 0.29) is 6.04 Å². The highest BCUT2D eigenvalue weighted by atomic mass is 79.9. The van der Waals surface area contributed by atoms with Crippen LogP contribution in [0.5, 0.6) is 0 Å². The van der Waals surface area contributed by atoms with Gasteiger partial charge >= 0.3 is 0 Å². The Morgan fingerprint density at radius 2 is 2.26 bits per heavy atom. The number of rotatable bonds is 6. The van der Waals surface area contributed by atoms with E-state index in [1.165, 1.54) is 16.4 Å². The van der Waals surface area contributed by atoms with Crippen LogP contribution >= 0.6 is 27.5 Å². The number of nitrogens with one attached hydrogen (secondary N) is 1. The lowest BCUT2D eigenvalue weighted by molar-refractivity contribution is 0.562. The van der Waals surface area contributed by atoms with Gasteiger partial charge in [0, 0.05) is 6.54 Å². The van der Waals surface area contributed by atoms with Gasteiger partial charge in [0.2, 0.25) is 0 Å². The highest BCUT2D eigenvalue weighted by Crippen LogP contribution is 2.32. The van der Waals surface area contributed by atoms with Crippen molar-refractivity contribution in [3.05, 3.63) is 26.9 Å². The quantitative estimate of drug-likeness (QED) is 0.876. The largest absolute Gasteiger partial charge is 0.307 e. The fraction of sp³-hybridized carbons (Fsp3) is 0.583. The Balaban J connectivity index is 2.44. The Morgan fingerprint density at radius 1 is 1.47 bits per heavy atom. The number of halogens is 1. The summed E-state index contributed by atoms with van der Waals surface area (Å²) < 4.78 is 7.13. The van der Waals surface area contributed by atoms with Crippen LogP contribution in [0.1, 0.15) is 42.6 Å². The molecule has 0 fully saturated rings. The van der Waals surface area contributed by atoms with Crippen LogP contribution in [0, 0.1) is 0 Å². The lowest BCUT2D eigenvalue weighted by Crippen LogP contribution is -2.22. The third-order valence-electron chi connectivity index (χ3n) is 3.03. The molecule has 104 valence electrons. The monoisotopic (exact) mass is 343 g/mol. The van der Waals surface area contributed by atoms with E-state index in [9.17, 15) is 0 Å². The molecule has 2 heterocycles. The maximum atomic E-state index is 4.38. The molecule has 0 bridgehead atoms. The van der Waals surface area contributed by atoms with Crippen molar-refractivity contribution in [1.82, 2.24) is 24.7 Å². The molecule has 5 nitrogen and oxygen atoms in total. The first-order chi connectivity index (χ1) is 9.22. The first-order valence-electron chi connectivity index (χ1n) is 6.42. The van der Waals surface area contributed by atoms with Crippen LogP contribution in [0.2, 0.25) is 0 Å². The summed E-state index contributed by atoms with van der Waals surface area (Å²) in [5.41, 5.74) is 2.22. The number of hydrogen-bond acceptors (Lipinski definition) is 5. The average molecular weight is 344 g/mol. The van der Waals surface area contributed by atoms with Gasteiger partial charge in [-0.2, -0.15) is 5.10 Å². The number of hydrogen-bond donors (Lipinski definition) is 1. The van der Waals surface area contributed by atoms with Crippen LogP contribution in [0.4, 0.5) is 0 Å². The summed E-state index contributed by atoms with van der Waals surface area (Å²) in [4.78, 5) is 1.18. The minimum atomic E-state index is 0.0818. The topological polar surface area (TPSA) is 55.6 Å². The summed E-state index contributed by atoms with van der Waals surface area (Å²) >= 11 is 5.05. The molecular formula is C12H18BrN5S. The van der Waals surface area contributed by atoms with E-state index in [1.807, 2.05) is 17.9 Å². The van der Waals surface area contributed by atoms with Gasteiger partial charge in [-0.25, -0.2) is 0 Å². The van der Waals surface area contributed by atoms with Crippen molar-refractivity contribution in [2.75, 3.05) is 7.05 Å². The summed E-state index contributed by atoms with van der Waals surface area (Å²) in [5.74, 6) is 0. The molecule has 1 N–H and O–H groups in total. The van der Waals surface area contributed by atoms with Crippen molar-refractivity contribution in [3.8, 4) is 0 Å². The fourth-order valence-electron chi connectivity index (χ4n) is 2.15. The number of aromatic nitrogens is 4. The van der Waals surface area contributed by atoms with Crippen LogP contribution in [-0.4, -0.2) is 26.4 Å². The minimum Gasteiger partial charge on any atom is -0.307 e. The minimum absolute atomic E-state index is 0.0818. The summed E-state index contributed by atoms with van der Waals surface area (Å²) in [6.07, 6.45) is 3.88. The predicted molar refractivity (Wildman–Crippen MR) is 80.4 cm³/mol. The molecule has 0 amide bonds. The lowest BCUT2D eigenvalue weighted by atomic mass is 10.1. The zero-order valence-corrected chi connectivity index (χ0v) is 13.8. The van der Waals surface area contributed by atoms with E-state index in [4.69, 9.17) is 0 Å². The van der Waals surface area contributed by atoms with Gasteiger partial charge in [0.25, 0.3) is 0 Å². The van der Waals surface area contributed by atoms with Crippen molar-refractivity contribution in [3.63, 3.8) is 0 Å². The standard InChI is InChI=1S/C12H18BrN5S/c1-4-6-9-12(19-17-16-9)10(14-3)11-8(13)7-15-18(11)5-2/h7,10,14H,4-6H2,1-3H3. The molecule has 1 atom stereocenters. The smallest absolute Gasteiger partial charge is 0.0886 e. The summed E-state index contributed by atoms with van der Waals surface area (Å²) in [6.45, 7) is 5.09. The molecule has 0 saturated carbocycles. The third-order valence-corrected chi connectivity index (χ3v) is 4.47. The van der Waals surface area contributed by atoms with E-state index in [0.29, 0.717) is 0 Å². The van der Waals surface area contributed by atoms with E-state index < -0.39 is 0 Å². The third kappa shape index (κ3) is 2.88. The molecule has 19 heavy (non-hydrogen) atoms. The molecule has 0 aliphatic rings. The lowest BCUT2D eigenvalue weighted by Gasteiger charge is -2.17. The zero-order valence-electron chi connectivity index (χ0n) is 11.4. The highest BCUT2D eigenvalue weighted by molar-refractivity contribution is 9.10. The van der Waals surface area contributed by atoms with Crippen LogP contribution in [0.3, 0.4) is 0 Å². The molecule has 2 aromatic rings. The molecule has 0 spiro atoms. The fourth-order valence-corrected chi connectivity index (χ4v) is 3.48. The second kappa shape index (κ2) is 6.58. The van der Waals surface area contributed by atoms with Crippen molar-refractivity contribution in [2.45, 2.75) is 39.3 Å². The van der Waals surface area contributed by atoms with Gasteiger partial charge in [-0.3, -0.25) is 4.68 Å². The molecule has 0 aromatic carbocycles. The summed E-state index contributed by atoms with van der Waals surface area (Å²) in [7, 11) is 1.96. The molecule has 2 aromatic heterocycles. The van der Waals surface area contributed by atoms with Gasteiger partial charge in [-0.1, -0.05) is 17.8 Å². The Labute approximate surface area is 125 Å². The first kappa shape index (κ1) is 14.6. The Kier molecular flexibility index (Phi) is 5.06. The van der Waals surface area contributed by atoms with Crippen molar-refractivity contribution in [1.29, 1.82) is 0 Å². The Bertz CT molecular complexity index is 536. The van der Waals surface area contributed by atoms with Crippen LogP contribution in [-0.2, 0) is 13.0 Å². The second-order valence-electron chi connectivity index (χ2n) is 4.25. The first-order valence-corrected chi connectivity index (χ1v) is 7.99. The van der Waals surface area contributed by atoms with Crippen LogP contribution < -0.4 is 5.32 Å². The van der Waals surface area contributed by atoms with E-state index in [2.05, 4.69) is 49.8 Å². The molecule has 0 aliphatic carbocycles. The zero-order chi connectivity index (χ0) is 13.8. The van der Waals surface area contributed by atoms with Gasteiger partial charge in [-0.15, -0.1) is 5.10 Å². The van der Waals surface area contributed by atoms with Crippen molar-refractivity contribution in [2.24, 2.45) is 0 Å². The Hall–Kier alpha value is -0.790. The molecular weight excluding hydrogens is 326 g/mol. The van der Waals surface area contributed by atoms with Crippen LogP contribution in [0.25, 0.3) is 0 Å². The average Bonchev–Trinajstić information content (AvgIpc) is 3.00. The molecule has 1 unspecified atom stereocenters. The summed E-state index contributed by atoms with van der Waals surface area (Å²) in [5, 5.41) is 12.0. The Morgan fingerprint density at radius 3 is 2.89 bits per heavy atom. The number of aryl methyl sites for hydroxylation is 2. The molecule has 7 heteroatoms. The van der Waals surface area contributed by atoms with Gasteiger partial charge in [-0.05, 0) is 47.9 Å². The van der Waals surface area contributed by atoms with Gasteiger partial charge < -0.3 is 5.32 Å². The second-order valence-corrected chi connectivity index (χ2v) is 5.89.